The number of primary sulfonamides is 1. The highest BCUT2D eigenvalue weighted by Gasteiger charge is 2.16. The number of hydrogen-bond acceptors (Lipinski definition) is 5. The van der Waals surface area contributed by atoms with Gasteiger partial charge in [0, 0.05) is 18.8 Å². The molecule has 32 heavy (non-hydrogen) atoms. The molecule has 1 aliphatic rings. The first-order chi connectivity index (χ1) is 15.4. The Kier molecular flexibility index (Phi) is 11.3. The fourth-order valence-electron chi connectivity index (χ4n) is 3.96. The summed E-state index contributed by atoms with van der Waals surface area (Å²) in [5, 5.41) is 20.6. The predicted molar refractivity (Wildman–Crippen MR) is 126 cm³/mol. The molecule has 0 aliphatic heterocycles. The molecule has 1 amide bonds. The third-order valence-electron chi connectivity index (χ3n) is 5.86. The molecular formula is C24H36N4O3S. The van der Waals surface area contributed by atoms with Gasteiger partial charge in [0.1, 0.15) is 11.6 Å². The van der Waals surface area contributed by atoms with Crippen molar-refractivity contribution in [1.82, 2.24) is 10.6 Å². The maximum Gasteiger partial charge on any atom is 0.263 e. The van der Waals surface area contributed by atoms with E-state index in [1.54, 1.807) is 12.1 Å². The van der Waals surface area contributed by atoms with Gasteiger partial charge in [-0.1, -0.05) is 69.9 Å². The molecular weight excluding hydrogens is 424 g/mol. The molecule has 0 radical (unpaired) electrons. The van der Waals surface area contributed by atoms with E-state index in [-0.39, 0.29) is 22.4 Å². The summed E-state index contributed by atoms with van der Waals surface area (Å²) in [7, 11) is -3.70. The van der Waals surface area contributed by atoms with E-state index < -0.39 is 10.0 Å². The van der Waals surface area contributed by atoms with Crippen LogP contribution in [0.4, 0.5) is 0 Å². The van der Waals surface area contributed by atoms with Crippen molar-refractivity contribution in [3.8, 4) is 6.07 Å². The Balaban J connectivity index is 1.82. The number of carbonyl (C=O) groups excluding carboxylic acids is 1. The molecule has 7 nitrogen and oxygen atoms in total. The van der Waals surface area contributed by atoms with Crippen LogP contribution in [-0.4, -0.2) is 26.9 Å². The van der Waals surface area contributed by atoms with Crippen molar-refractivity contribution in [3.05, 3.63) is 41.6 Å². The molecule has 8 heteroatoms. The van der Waals surface area contributed by atoms with Gasteiger partial charge in [-0.15, -0.1) is 0 Å². The fraction of sp³-hybridized carbons (Fsp3) is 0.583. The first-order valence-electron chi connectivity index (χ1n) is 11.7. The normalized spacial score (nSPS) is 17.4. The molecule has 0 heterocycles. The second-order valence-corrected chi connectivity index (χ2v) is 10.1. The molecule has 1 aromatic carbocycles. The van der Waals surface area contributed by atoms with Crippen molar-refractivity contribution in [2.24, 2.45) is 5.14 Å². The second-order valence-electron chi connectivity index (χ2n) is 8.49. The van der Waals surface area contributed by atoms with Gasteiger partial charge in [-0.2, -0.15) is 5.26 Å². The number of amides is 1. The summed E-state index contributed by atoms with van der Waals surface area (Å²) in [5.41, 5.74) is 0.996. The van der Waals surface area contributed by atoms with Crippen molar-refractivity contribution in [1.29, 1.82) is 5.26 Å². The minimum atomic E-state index is -3.70. The van der Waals surface area contributed by atoms with Crippen LogP contribution in [0.1, 0.15) is 76.2 Å². The predicted octanol–water partition coefficient (Wildman–Crippen LogP) is 3.66. The first kappa shape index (κ1) is 25.9. The molecule has 1 fully saturated rings. The van der Waals surface area contributed by atoms with Crippen LogP contribution < -0.4 is 15.8 Å². The van der Waals surface area contributed by atoms with Crippen LogP contribution in [0.3, 0.4) is 0 Å². The summed E-state index contributed by atoms with van der Waals surface area (Å²) in [6.45, 7) is 0.511. The van der Waals surface area contributed by atoms with Crippen molar-refractivity contribution in [2.45, 2.75) is 88.0 Å². The minimum absolute atomic E-state index is 0.0701. The Labute approximate surface area is 192 Å². The highest BCUT2D eigenvalue weighted by molar-refractivity contribution is 7.89. The average molecular weight is 461 g/mol. The maximum atomic E-state index is 12.6. The summed E-state index contributed by atoms with van der Waals surface area (Å²) in [5.74, 6) is -0.324. The highest BCUT2D eigenvalue weighted by Crippen LogP contribution is 2.17. The van der Waals surface area contributed by atoms with Gasteiger partial charge < -0.3 is 10.6 Å². The third kappa shape index (κ3) is 9.84. The lowest BCUT2D eigenvalue weighted by molar-refractivity contribution is -0.117. The van der Waals surface area contributed by atoms with E-state index in [1.165, 1.54) is 63.3 Å². The van der Waals surface area contributed by atoms with Crippen LogP contribution in [0.15, 0.2) is 40.9 Å². The van der Waals surface area contributed by atoms with Gasteiger partial charge in [0.05, 0.1) is 4.90 Å². The molecule has 1 aliphatic carbocycles. The van der Waals surface area contributed by atoms with Crippen molar-refractivity contribution in [2.75, 3.05) is 6.54 Å². The fourth-order valence-corrected chi connectivity index (χ4v) is 4.47. The van der Waals surface area contributed by atoms with Gasteiger partial charge >= 0.3 is 0 Å². The minimum Gasteiger partial charge on any atom is -0.389 e. The number of nitrogens with zero attached hydrogens (tertiary/aromatic N) is 1. The molecule has 0 spiro atoms. The van der Waals surface area contributed by atoms with E-state index in [9.17, 15) is 18.5 Å². The Morgan fingerprint density at radius 3 is 2.03 bits per heavy atom. The van der Waals surface area contributed by atoms with E-state index in [1.807, 2.05) is 6.07 Å². The lowest BCUT2D eigenvalue weighted by Gasteiger charge is -2.19. The van der Waals surface area contributed by atoms with E-state index in [0.717, 1.165) is 31.2 Å². The lowest BCUT2D eigenvalue weighted by Crippen LogP contribution is -2.36. The Hall–Kier alpha value is -2.37. The molecule has 0 aromatic heterocycles. The molecule has 4 N–H and O–H groups in total. The number of carbonyl (C=O) groups is 1. The topological polar surface area (TPSA) is 125 Å². The monoisotopic (exact) mass is 460 g/mol. The smallest absolute Gasteiger partial charge is 0.263 e. The summed E-state index contributed by atoms with van der Waals surface area (Å²) < 4.78 is 22.6. The molecule has 1 saturated carbocycles. The second kappa shape index (κ2) is 13.9. The number of rotatable bonds is 7. The van der Waals surface area contributed by atoms with Gasteiger partial charge in [-0.25, -0.2) is 13.6 Å². The van der Waals surface area contributed by atoms with Gasteiger partial charge in [-0.3, -0.25) is 4.79 Å². The number of benzene rings is 1. The molecule has 176 valence electrons. The van der Waals surface area contributed by atoms with Crippen LogP contribution >= 0.6 is 0 Å². The Morgan fingerprint density at radius 1 is 1.00 bits per heavy atom. The highest BCUT2D eigenvalue weighted by atomic mass is 32.2. The molecule has 2 rings (SSSR count). The van der Waals surface area contributed by atoms with Crippen LogP contribution in [0.2, 0.25) is 0 Å². The van der Waals surface area contributed by atoms with E-state index in [2.05, 4.69) is 10.6 Å². The molecule has 0 unspecified atom stereocenters. The Bertz CT molecular complexity index is 877. The lowest BCUT2D eigenvalue weighted by atomic mass is 9.98. The Morgan fingerprint density at radius 2 is 1.53 bits per heavy atom. The first-order valence-corrected chi connectivity index (χ1v) is 13.2. The summed E-state index contributed by atoms with van der Waals surface area (Å²) in [6, 6.07) is 8.45. The zero-order chi connectivity index (χ0) is 23.2. The zero-order valence-electron chi connectivity index (χ0n) is 18.8. The number of nitrogens with one attached hydrogen (secondary N) is 2. The standard InChI is InChI=1S/C24H36N4O3S/c25-18-21(19-27-17-16-20-12-14-23(15-13-20)32(26,30)31)24(29)28-22-10-8-6-4-2-1-3-5-7-9-11-22/h12-15,19,22,27H,1-11,16-17H2,(H,28,29)(H2,26,30,31)/b21-19-. The number of nitriles is 1. The van der Waals surface area contributed by atoms with Gasteiger partial charge in [0.2, 0.25) is 10.0 Å². The van der Waals surface area contributed by atoms with Crippen molar-refractivity contribution in [3.63, 3.8) is 0 Å². The molecule has 1 aromatic rings. The maximum absolute atomic E-state index is 12.6. The molecule has 0 atom stereocenters. The van der Waals surface area contributed by atoms with Crippen LogP contribution in [-0.2, 0) is 21.2 Å². The average Bonchev–Trinajstić information content (AvgIpc) is 2.75. The van der Waals surface area contributed by atoms with E-state index in [0.29, 0.717) is 13.0 Å². The number of hydrogen-bond donors (Lipinski definition) is 3. The largest absolute Gasteiger partial charge is 0.389 e. The van der Waals surface area contributed by atoms with Crippen LogP contribution in [0.25, 0.3) is 0 Å². The SMILES string of the molecule is N#C/C(=C/NCCc1ccc(S(N)(=O)=O)cc1)C(=O)NC1CCCCCCCCCCC1. The van der Waals surface area contributed by atoms with E-state index >= 15 is 0 Å². The van der Waals surface area contributed by atoms with Crippen LogP contribution in [0, 0.1) is 11.3 Å². The summed E-state index contributed by atoms with van der Waals surface area (Å²) >= 11 is 0. The zero-order valence-corrected chi connectivity index (χ0v) is 19.6. The van der Waals surface area contributed by atoms with Crippen LogP contribution in [0.5, 0.6) is 0 Å². The number of sulfonamides is 1. The van der Waals surface area contributed by atoms with Gasteiger partial charge in [0.25, 0.3) is 5.91 Å². The third-order valence-corrected chi connectivity index (χ3v) is 6.79. The quantitative estimate of drug-likeness (QED) is 0.325. The molecule has 0 bridgehead atoms. The summed E-state index contributed by atoms with van der Waals surface area (Å²) in [6.07, 6.45) is 15.1. The molecule has 0 saturated heterocycles. The van der Waals surface area contributed by atoms with Crippen molar-refractivity contribution < 1.29 is 13.2 Å². The summed E-state index contributed by atoms with van der Waals surface area (Å²) in [4.78, 5) is 12.7. The number of nitrogens with two attached hydrogens (primary N) is 1. The van der Waals surface area contributed by atoms with Crippen molar-refractivity contribution >= 4 is 15.9 Å². The van der Waals surface area contributed by atoms with Gasteiger partial charge in [0.15, 0.2) is 0 Å². The van der Waals surface area contributed by atoms with Gasteiger partial charge in [-0.05, 0) is 37.0 Å². The van der Waals surface area contributed by atoms with E-state index in [4.69, 9.17) is 5.14 Å².